The fraction of sp³-hybridized carbons (Fsp3) is 0.533. The molecule has 122 valence electrons. The molecule has 7 nitrogen and oxygen atoms in total. The van der Waals surface area contributed by atoms with Gasteiger partial charge in [0.1, 0.15) is 30.7 Å². The van der Waals surface area contributed by atoms with Crippen LogP contribution in [0.5, 0.6) is 5.75 Å². The zero-order valence-electron chi connectivity index (χ0n) is 12.4. The minimum absolute atomic E-state index is 0.299. The first-order valence-corrected chi connectivity index (χ1v) is 6.92. The van der Waals surface area contributed by atoms with E-state index in [0.717, 1.165) is 0 Å². The molecule has 7 heteroatoms. The standard InChI is InChI=1S/C15H20O7/c1-8-12(17)13(18)14(19)15(22-8)21-7-11(16)9-3-5-10(20-2)6-4-9/h3-6,8,12-15,17-19H,7H2,1-2H3/t8-,12-,13+,14+,15+/m1/s1. The van der Waals surface area contributed by atoms with Crippen LogP contribution in [0.1, 0.15) is 17.3 Å². The monoisotopic (exact) mass is 312 g/mol. The molecule has 1 heterocycles. The topological polar surface area (TPSA) is 105 Å². The minimum Gasteiger partial charge on any atom is -0.497 e. The van der Waals surface area contributed by atoms with Gasteiger partial charge in [-0.1, -0.05) is 0 Å². The summed E-state index contributed by atoms with van der Waals surface area (Å²) in [5, 5.41) is 29.0. The molecule has 0 spiro atoms. The Morgan fingerprint density at radius 3 is 2.36 bits per heavy atom. The Morgan fingerprint density at radius 2 is 1.77 bits per heavy atom. The Bertz CT molecular complexity index is 501. The third kappa shape index (κ3) is 3.63. The van der Waals surface area contributed by atoms with Gasteiger partial charge in [0.25, 0.3) is 0 Å². The first-order chi connectivity index (χ1) is 10.4. The van der Waals surface area contributed by atoms with Gasteiger partial charge < -0.3 is 29.5 Å². The first kappa shape index (κ1) is 16.9. The molecule has 0 aromatic heterocycles. The molecule has 0 amide bonds. The number of hydrogen-bond donors (Lipinski definition) is 3. The smallest absolute Gasteiger partial charge is 0.188 e. The summed E-state index contributed by atoms with van der Waals surface area (Å²) in [6.45, 7) is 1.23. The summed E-state index contributed by atoms with van der Waals surface area (Å²) in [6.07, 6.45) is -5.89. The van der Waals surface area contributed by atoms with E-state index < -0.39 is 30.7 Å². The predicted molar refractivity (Wildman–Crippen MR) is 75.6 cm³/mol. The highest BCUT2D eigenvalue weighted by atomic mass is 16.7. The number of Topliss-reactive ketones (excluding diaryl/α,β-unsaturated/α-hetero) is 1. The average molecular weight is 312 g/mol. The SMILES string of the molecule is COc1ccc(C(=O)CO[C@H]2O[C@H](C)[C@@H](O)[C@H](O)[C@@H]2O)cc1. The van der Waals surface area contributed by atoms with Crippen molar-refractivity contribution in [3.8, 4) is 5.75 Å². The second kappa shape index (κ2) is 7.17. The predicted octanol–water partition coefficient (Wildman–Crippen LogP) is -0.278. The molecular formula is C15H20O7. The van der Waals surface area contributed by atoms with Crippen molar-refractivity contribution in [2.45, 2.75) is 37.6 Å². The lowest BCUT2D eigenvalue weighted by atomic mass is 10.00. The van der Waals surface area contributed by atoms with Crippen LogP contribution in [0.2, 0.25) is 0 Å². The maximum Gasteiger partial charge on any atom is 0.188 e. The molecule has 1 aromatic rings. The molecule has 1 aliphatic heterocycles. The fourth-order valence-electron chi connectivity index (χ4n) is 2.17. The number of aliphatic hydroxyl groups excluding tert-OH is 3. The number of methoxy groups -OCH3 is 1. The molecule has 0 unspecified atom stereocenters. The lowest BCUT2D eigenvalue weighted by molar-refractivity contribution is -0.289. The molecule has 22 heavy (non-hydrogen) atoms. The maximum absolute atomic E-state index is 12.0. The van der Waals surface area contributed by atoms with Crippen LogP contribution in [0.15, 0.2) is 24.3 Å². The van der Waals surface area contributed by atoms with Gasteiger partial charge in [-0.2, -0.15) is 0 Å². The second-order valence-corrected chi connectivity index (χ2v) is 5.14. The largest absolute Gasteiger partial charge is 0.497 e. The summed E-state index contributed by atoms with van der Waals surface area (Å²) < 4.78 is 15.5. The molecule has 2 rings (SSSR count). The van der Waals surface area contributed by atoms with Gasteiger partial charge in [0.05, 0.1) is 13.2 Å². The molecule has 1 fully saturated rings. The Balaban J connectivity index is 1.92. The lowest BCUT2D eigenvalue weighted by Crippen LogP contribution is -2.57. The molecule has 0 aliphatic carbocycles. The van der Waals surface area contributed by atoms with Gasteiger partial charge in [0, 0.05) is 5.56 Å². The van der Waals surface area contributed by atoms with Crippen LogP contribution in [0, 0.1) is 0 Å². The molecule has 5 atom stereocenters. The van der Waals surface area contributed by atoms with Crippen LogP contribution < -0.4 is 4.74 Å². The normalized spacial score (nSPS) is 31.8. The van der Waals surface area contributed by atoms with Gasteiger partial charge in [-0.05, 0) is 31.2 Å². The zero-order valence-corrected chi connectivity index (χ0v) is 12.4. The number of benzene rings is 1. The molecule has 0 bridgehead atoms. The van der Waals surface area contributed by atoms with E-state index >= 15 is 0 Å². The van der Waals surface area contributed by atoms with Crippen molar-refractivity contribution in [1.82, 2.24) is 0 Å². The number of rotatable bonds is 5. The molecule has 1 aliphatic rings. The van der Waals surface area contributed by atoms with Crippen molar-refractivity contribution >= 4 is 5.78 Å². The van der Waals surface area contributed by atoms with Crippen LogP contribution in [0.3, 0.4) is 0 Å². The van der Waals surface area contributed by atoms with Crippen molar-refractivity contribution < 1.29 is 34.3 Å². The molecule has 0 radical (unpaired) electrons. The Kier molecular flexibility index (Phi) is 5.49. The quantitative estimate of drug-likeness (QED) is 0.642. The zero-order chi connectivity index (χ0) is 16.3. The van der Waals surface area contributed by atoms with Gasteiger partial charge >= 0.3 is 0 Å². The van der Waals surface area contributed by atoms with E-state index in [1.807, 2.05) is 0 Å². The highest BCUT2D eigenvalue weighted by Crippen LogP contribution is 2.22. The van der Waals surface area contributed by atoms with Crippen molar-refractivity contribution in [2.24, 2.45) is 0 Å². The Labute approximate surface area is 128 Å². The molecule has 1 aromatic carbocycles. The number of carbonyl (C=O) groups is 1. The van der Waals surface area contributed by atoms with E-state index in [0.29, 0.717) is 11.3 Å². The van der Waals surface area contributed by atoms with E-state index in [1.54, 1.807) is 31.2 Å². The molecule has 3 N–H and O–H groups in total. The van der Waals surface area contributed by atoms with E-state index in [9.17, 15) is 20.1 Å². The van der Waals surface area contributed by atoms with Crippen LogP contribution in [0.25, 0.3) is 0 Å². The van der Waals surface area contributed by atoms with E-state index in [2.05, 4.69) is 0 Å². The number of ketones is 1. The number of carbonyl (C=O) groups excluding carboxylic acids is 1. The van der Waals surface area contributed by atoms with E-state index in [1.165, 1.54) is 7.11 Å². The first-order valence-electron chi connectivity index (χ1n) is 6.92. The highest BCUT2D eigenvalue weighted by molar-refractivity contribution is 5.97. The Morgan fingerprint density at radius 1 is 1.14 bits per heavy atom. The molecular weight excluding hydrogens is 292 g/mol. The van der Waals surface area contributed by atoms with Crippen molar-refractivity contribution in [3.63, 3.8) is 0 Å². The highest BCUT2D eigenvalue weighted by Gasteiger charge is 2.42. The van der Waals surface area contributed by atoms with Gasteiger partial charge in [-0.25, -0.2) is 0 Å². The fourth-order valence-corrected chi connectivity index (χ4v) is 2.17. The third-order valence-corrected chi connectivity index (χ3v) is 3.60. The number of aliphatic hydroxyl groups is 3. The maximum atomic E-state index is 12.0. The van der Waals surface area contributed by atoms with Crippen molar-refractivity contribution in [3.05, 3.63) is 29.8 Å². The minimum atomic E-state index is -1.42. The van der Waals surface area contributed by atoms with E-state index in [-0.39, 0.29) is 12.4 Å². The second-order valence-electron chi connectivity index (χ2n) is 5.14. The van der Waals surface area contributed by atoms with Crippen molar-refractivity contribution in [2.75, 3.05) is 13.7 Å². The van der Waals surface area contributed by atoms with Gasteiger partial charge in [-0.3, -0.25) is 4.79 Å². The summed E-state index contributed by atoms with van der Waals surface area (Å²) >= 11 is 0. The summed E-state index contributed by atoms with van der Waals surface area (Å²) in [5.41, 5.74) is 0.430. The molecule has 0 saturated carbocycles. The van der Waals surface area contributed by atoms with Crippen LogP contribution >= 0.6 is 0 Å². The summed E-state index contributed by atoms with van der Waals surface area (Å²) in [4.78, 5) is 12.0. The summed E-state index contributed by atoms with van der Waals surface area (Å²) in [6, 6.07) is 6.51. The van der Waals surface area contributed by atoms with Crippen LogP contribution in [-0.2, 0) is 9.47 Å². The number of ether oxygens (including phenoxy) is 3. The third-order valence-electron chi connectivity index (χ3n) is 3.60. The van der Waals surface area contributed by atoms with Gasteiger partial charge in [-0.15, -0.1) is 0 Å². The van der Waals surface area contributed by atoms with Crippen LogP contribution in [0.4, 0.5) is 0 Å². The van der Waals surface area contributed by atoms with Crippen LogP contribution in [-0.4, -0.2) is 65.5 Å². The van der Waals surface area contributed by atoms with Gasteiger partial charge in [0.15, 0.2) is 12.1 Å². The van der Waals surface area contributed by atoms with Gasteiger partial charge in [0.2, 0.25) is 0 Å². The Hall–Kier alpha value is -1.51. The number of hydrogen-bond acceptors (Lipinski definition) is 7. The van der Waals surface area contributed by atoms with E-state index in [4.69, 9.17) is 14.2 Å². The van der Waals surface area contributed by atoms with Crippen molar-refractivity contribution in [1.29, 1.82) is 0 Å². The molecule has 1 saturated heterocycles. The summed E-state index contributed by atoms with van der Waals surface area (Å²) in [7, 11) is 1.53. The average Bonchev–Trinajstić information content (AvgIpc) is 2.54. The summed E-state index contributed by atoms with van der Waals surface area (Å²) in [5.74, 6) is 0.334. The lowest BCUT2D eigenvalue weighted by Gasteiger charge is -2.38.